The van der Waals surface area contributed by atoms with Gasteiger partial charge in [0, 0.05) is 23.1 Å². The van der Waals surface area contributed by atoms with Gasteiger partial charge in [-0.2, -0.15) is 0 Å². The predicted octanol–water partition coefficient (Wildman–Crippen LogP) is 4.48. The summed E-state index contributed by atoms with van der Waals surface area (Å²) in [7, 11) is 1.47. The van der Waals surface area contributed by atoms with Crippen LogP contribution in [-0.2, 0) is 11.1 Å². The Hall–Kier alpha value is -3.53. The lowest BCUT2D eigenvalue weighted by Gasteiger charge is -2.26. The third kappa shape index (κ3) is 6.06. The van der Waals surface area contributed by atoms with Crippen molar-refractivity contribution >= 4 is 5.78 Å². The lowest BCUT2D eigenvalue weighted by atomic mass is 9.86. The van der Waals surface area contributed by atoms with E-state index in [9.17, 15) is 19.4 Å². The van der Waals surface area contributed by atoms with E-state index in [0.717, 1.165) is 5.56 Å². The number of pyridine rings is 1. The van der Waals surface area contributed by atoms with Crippen molar-refractivity contribution in [2.75, 3.05) is 20.3 Å². The number of carbonyl (C=O) groups excluding carboxylic acids is 1. The molecule has 0 aliphatic carbocycles. The number of Topliss-reactive ketones (excluding diaryl/α,β-unsaturated/α-hetero) is 1. The molecule has 2 aromatic carbocycles. The fraction of sp³-hybridized carbons (Fsp3) is 0.400. The third-order valence-corrected chi connectivity index (χ3v) is 7.09. The number of benzene rings is 2. The maximum atomic E-state index is 13.6. The number of fused-ring (bicyclic) bond motifs is 1. The summed E-state index contributed by atoms with van der Waals surface area (Å²) in [6, 6.07) is 12.5. The minimum atomic E-state index is -1.47. The summed E-state index contributed by atoms with van der Waals surface area (Å²) in [5.74, 6) is 0.739. The first-order valence-corrected chi connectivity index (χ1v) is 13.0. The lowest BCUT2D eigenvalue weighted by molar-refractivity contribution is 0.0396. The normalized spacial score (nSPS) is 18.6. The number of aliphatic hydroxyl groups excluding tert-OH is 1. The number of ether oxygens (including phenoxy) is 3. The standard InChI is InChI=1S/C30H35FN2O6/c1-5-30(32)17-39-28-22(30)15-26(33-27(28)19-6-9-21(31)10-7-19)29(3,36)13-12-23(35)20-8-11-24(25(14-20)37-4)38-16-18(2)34/h6-11,14-15,18,34,36H,5,12-13,16-17,32H2,1-4H3/t18-,29+,30+/m1/s1. The smallest absolute Gasteiger partial charge is 0.163 e. The van der Waals surface area contributed by atoms with Gasteiger partial charge in [-0.3, -0.25) is 4.79 Å². The Bertz CT molecular complexity index is 1340. The molecule has 8 nitrogen and oxygen atoms in total. The van der Waals surface area contributed by atoms with Crippen molar-refractivity contribution in [1.29, 1.82) is 0 Å². The molecule has 1 aliphatic rings. The van der Waals surface area contributed by atoms with Gasteiger partial charge in [0.05, 0.1) is 24.4 Å². The van der Waals surface area contributed by atoms with E-state index in [4.69, 9.17) is 24.9 Å². The highest BCUT2D eigenvalue weighted by Crippen LogP contribution is 2.45. The van der Waals surface area contributed by atoms with E-state index in [-0.39, 0.29) is 37.7 Å². The zero-order valence-electron chi connectivity index (χ0n) is 22.7. The SMILES string of the molecule is CC[C@]1(N)COc2c1cc([C@@](C)(O)CCC(=O)c1ccc(OC[C@@H](C)O)c(OC)c1)nc2-c1ccc(F)cc1. The average molecular weight is 539 g/mol. The second-order valence-electron chi connectivity index (χ2n) is 10.3. The molecule has 0 spiro atoms. The van der Waals surface area contributed by atoms with Crippen molar-refractivity contribution in [3.63, 3.8) is 0 Å². The maximum absolute atomic E-state index is 13.6. The third-order valence-electron chi connectivity index (χ3n) is 7.09. The number of aliphatic hydroxyl groups is 2. The van der Waals surface area contributed by atoms with E-state index in [1.807, 2.05) is 6.92 Å². The first-order valence-electron chi connectivity index (χ1n) is 13.0. The van der Waals surface area contributed by atoms with E-state index in [1.54, 1.807) is 50.2 Å². The van der Waals surface area contributed by atoms with Crippen molar-refractivity contribution < 1.29 is 33.6 Å². The molecule has 0 fully saturated rings. The van der Waals surface area contributed by atoms with Crippen LogP contribution in [0.5, 0.6) is 17.2 Å². The van der Waals surface area contributed by atoms with Gasteiger partial charge in [-0.1, -0.05) is 6.92 Å². The van der Waals surface area contributed by atoms with Crippen LogP contribution in [0.4, 0.5) is 4.39 Å². The quantitative estimate of drug-likeness (QED) is 0.305. The van der Waals surface area contributed by atoms with Crippen molar-refractivity contribution in [3.8, 4) is 28.5 Å². The lowest BCUT2D eigenvalue weighted by Crippen LogP contribution is -2.37. The summed E-state index contributed by atoms with van der Waals surface area (Å²) in [5, 5.41) is 21.0. The Balaban J connectivity index is 1.60. The van der Waals surface area contributed by atoms with Crippen LogP contribution in [-0.4, -0.2) is 47.4 Å². The van der Waals surface area contributed by atoms with Gasteiger partial charge >= 0.3 is 0 Å². The first-order chi connectivity index (χ1) is 18.5. The second-order valence-corrected chi connectivity index (χ2v) is 10.3. The number of carbonyl (C=O) groups is 1. The van der Waals surface area contributed by atoms with Crippen LogP contribution in [0.1, 0.15) is 61.6 Å². The van der Waals surface area contributed by atoms with Gasteiger partial charge in [-0.15, -0.1) is 0 Å². The molecule has 4 rings (SSSR count). The van der Waals surface area contributed by atoms with Gasteiger partial charge in [0.2, 0.25) is 0 Å². The minimum Gasteiger partial charge on any atom is -0.493 e. The average Bonchev–Trinajstić information content (AvgIpc) is 3.27. The zero-order chi connectivity index (χ0) is 28.4. The Morgan fingerprint density at radius 2 is 1.95 bits per heavy atom. The molecule has 0 bridgehead atoms. The molecule has 0 radical (unpaired) electrons. The summed E-state index contributed by atoms with van der Waals surface area (Å²) in [4.78, 5) is 17.8. The molecule has 0 saturated heterocycles. The monoisotopic (exact) mass is 538 g/mol. The van der Waals surface area contributed by atoms with Crippen molar-refractivity contribution in [1.82, 2.24) is 4.98 Å². The Morgan fingerprint density at radius 3 is 2.59 bits per heavy atom. The highest BCUT2D eigenvalue weighted by atomic mass is 19.1. The molecule has 0 amide bonds. The topological polar surface area (TPSA) is 124 Å². The van der Waals surface area contributed by atoms with Gasteiger partial charge in [0.1, 0.15) is 30.3 Å². The summed E-state index contributed by atoms with van der Waals surface area (Å²) < 4.78 is 30.5. The van der Waals surface area contributed by atoms with E-state index in [1.165, 1.54) is 19.2 Å². The predicted molar refractivity (Wildman–Crippen MR) is 145 cm³/mol. The number of nitrogens with zero attached hydrogens (tertiary/aromatic N) is 1. The number of hydrogen-bond donors (Lipinski definition) is 3. The molecule has 1 aromatic heterocycles. The maximum Gasteiger partial charge on any atom is 0.163 e. The molecule has 3 aromatic rings. The van der Waals surface area contributed by atoms with Crippen LogP contribution in [0.2, 0.25) is 0 Å². The zero-order valence-corrected chi connectivity index (χ0v) is 22.7. The molecular weight excluding hydrogens is 503 g/mol. The molecule has 4 N–H and O–H groups in total. The molecule has 0 saturated carbocycles. The largest absolute Gasteiger partial charge is 0.493 e. The summed E-state index contributed by atoms with van der Waals surface area (Å²) in [6.45, 7) is 5.53. The van der Waals surface area contributed by atoms with Crippen LogP contribution in [0, 0.1) is 5.82 Å². The van der Waals surface area contributed by atoms with Crippen molar-refractivity contribution in [3.05, 3.63) is 71.2 Å². The molecule has 2 heterocycles. The molecule has 39 heavy (non-hydrogen) atoms. The molecule has 3 atom stereocenters. The minimum absolute atomic E-state index is 0.0344. The fourth-order valence-corrected chi connectivity index (χ4v) is 4.50. The van der Waals surface area contributed by atoms with Crippen LogP contribution < -0.4 is 19.9 Å². The Labute approximate surface area is 227 Å². The number of hydrogen-bond acceptors (Lipinski definition) is 8. The number of rotatable bonds is 11. The Kier molecular flexibility index (Phi) is 8.25. The Morgan fingerprint density at radius 1 is 1.23 bits per heavy atom. The van der Waals surface area contributed by atoms with Crippen LogP contribution in [0.3, 0.4) is 0 Å². The van der Waals surface area contributed by atoms with Gasteiger partial charge in [-0.25, -0.2) is 9.37 Å². The van der Waals surface area contributed by atoms with E-state index >= 15 is 0 Å². The highest BCUT2D eigenvalue weighted by molar-refractivity contribution is 5.96. The first kappa shape index (κ1) is 28.5. The van der Waals surface area contributed by atoms with Crippen LogP contribution in [0.15, 0.2) is 48.5 Å². The molecule has 208 valence electrons. The number of halogens is 1. The molecular formula is C30H35FN2O6. The van der Waals surface area contributed by atoms with Crippen LogP contribution >= 0.6 is 0 Å². The summed E-state index contributed by atoms with van der Waals surface area (Å²) >= 11 is 0. The highest BCUT2D eigenvalue weighted by Gasteiger charge is 2.40. The van der Waals surface area contributed by atoms with Gasteiger partial charge in [0.15, 0.2) is 23.0 Å². The van der Waals surface area contributed by atoms with E-state index < -0.39 is 17.2 Å². The number of ketones is 1. The van der Waals surface area contributed by atoms with Gasteiger partial charge in [-0.05, 0) is 75.2 Å². The van der Waals surface area contributed by atoms with Crippen molar-refractivity contribution in [2.24, 2.45) is 5.73 Å². The fourth-order valence-electron chi connectivity index (χ4n) is 4.50. The number of aromatic nitrogens is 1. The molecule has 9 heteroatoms. The molecule has 0 unspecified atom stereocenters. The summed E-state index contributed by atoms with van der Waals surface area (Å²) in [6.07, 6.45) is 0.0782. The second kappa shape index (κ2) is 11.3. The molecule has 1 aliphatic heterocycles. The van der Waals surface area contributed by atoms with E-state index in [0.29, 0.717) is 46.2 Å². The van der Waals surface area contributed by atoms with Gasteiger partial charge < -0.3 is 30.2 Å². The van der Waals surface area contributed by atoms with Crippen molar-refractivity contribution in [2.45, 2.75) is 57.3 Å². The van der Waals surface area contributed by atoms with E-state index in [2.05, 4.69) is 0 Å². The van der Waals surface area contributed by atoms with Crippen LogP contribution in [0.25, 0.3) is 11.3 Å². The summed E-state index contributed by atoms with van der Waals surface area (Å²) in [5.41, 5.74) is 6.98. The number of methoxy groups -OCH3 is 1. The van der Waals surface area contributed by atoms with Gasteiger partial charge in [0.25, 0.3) is 0 Å². The number of nitrogens with two attached hydrogens (primary N) is 1.